The Labute approximate surface area is 116 Å². The number of hydrogen-bond donors (Lipinski definition) is 1. The summed E-state index contributed by atoms with van der Waals surface area (Å²) in [5, 5.41) is 0. The predicted octanol–water partition coefficient (Wildman–Crippen LogP) is 3.69. The number of hydrogen-bond acceptors (Lipinski definition) is 2. The van der Waals surface area contributed by atoms with Crippen LogP contribution in [0.1, 0.15) is 37.9 Å². The molecule has 0 fully saturated rings. The summed E-state index contributed by atoms with van der Waals surface area (Å²) in [6, 6.07) is 5.43. The van der Waals surface area contributed by atoms with Gasteiger partial charge in [-0.05, 0) is 38.0 Å². The van der Waals surface area contributed by atoms with Crippen LogP contribution in [0.15, 0.2) is 30.8 Å². The van der Waals surface area contributed by atoms with E-state index >= 15 is 0 Å². The van der Waals surface area contributed by atoms with Gasteiger partial charge >= 0.3 is 0 Å². The zero-order chi connectivity index (χ0) is 14.6. The van der Waals surface area contributed by atoms with E-state index < -0.39 is 28.6 Å². The third kappa shape index (κ3) is 4.60. The van der Waals surface area contributed by atoms with Crippen LogP contribution in [0.25, 0.3) is 6.08 Å². The molecule has 0 bridgehead atoms. The molecule has 2 unspecified atom stereocenters. The van der Waals surface area contributed by atoms with Gasteiger partial charge in [-0.25, -0.2) is 8.78 Å². The Kier molecular flexibility index (Phi) is 5.52. The molecule has 0 heterocycles. The summed E-state index contributed by atoms with van der Waals surface area (Å²) in [7, 11) is 0. The van der Waals surface area contributed by atoms with Crippen LogP contribution in [0.5, 0.6) is 0 Å². The van der Waals surface area contributed by atoms with Gasteiger partial charge in [0, 0.05) is 11.4 Å². The van der Waals surface area contributed by atoms with E-state index in [4.69, 9.17) is 0 Å². The first-order valence-corrected chi connectivity index (χ1v) is 7.09. The molecule has 1 rings (SSSR count). The zero-order valence-corrected chi connectivity index (χ0v) is 12.1. The second kappa shape index (κ2) is 6.50. The molecule has 0 aliphatic rings. The number of nitrogens with one attached hydrogen (secondary N) is 1. The van der Waals surface area contributed by atoms with Crippen LogP contribution in [0, 0.1) is 0 Å². The molecule has 1 aromatic rings. The van der Waals surface area contributed by atoms with Crippen LogP contribution < -0.4 is 4.72 Å². The van der Waals surface area contributed by atoms with E-state index in [1.165, 1.54) is 0 Å². The summed E-state index contributed by atoms with van der Waals surface area (Å²) in [6.07, 6.45) is -1.04. The summed E-state index contributed by atoms with van der Waals surface area (Å²) in [6.45, 7) is 8.81. The summed E-state index contributed by atoms with van der Waals surface area (Å²) in [5.41, 5.74) is 1.16. The maximum Gasteiger partial charge on any atom is 0.262 e. The Morgan fingerprint density at radius 3 is 2.47 bits per heavy atom. The van der Waals surface area contributed by atoms with Crippen molar-refractivity contribution in [1.82, 2.24) is 4.72 Å². The molecular weight excluding hydrogens is 268 g/mol. The van der Waals surface area contributed by atoms with Gasteiger partial charge in [0.25, 0.3) is 6.43 Å². The number of benzene rings is 1. The summed E-state index contributed by atoms with van der Waals surface area (Å²) >= 11 is -1.55. The third-order valence-electron chi connectivity index (χ3n) is 2.55. The van der Waals surface area contributed by atoms with Crippen molar-refractivity contribution in [2.45, 2.75) is 38.0 Å². The molecule has 106 valence electrons. The van der Waals surface area contributed by atoms with Gasteiger partial charge in [-0.2, -0.15) is 0 Å². The van der Waals surface area contributed by atoms with E-state index in [0.717, 1.165) is 5.56 Å². The Morgan fingerprint density at radius 1 is 1.37 bits per heavy atom. The minimum Gasteiger partial charge on any atom is -0.598 e. The number of rotatable bonds is 5. The van der Waals surface area contributed by atoms with Crippen molar-refractivity contribution in [3.05, 3.63) is 42.0 Å². The lowest BCUT2D eigenvalue weighted by Crippen LogP contribution is -2.43. The van der Waals surface area contributed by atoms with E-state index in [2.05, 4.69) is 11.3 Å². The molecule has 0 aromatic heterocycles. The largest absolute Gasteiger partial charge is 0.598 e. The molecule has 0 saturated heterocycles. The Balaban J connectivity index is 2.97. The summed E-state index contributed by atoms with van der Waals surface area (Å²) in [4.78, 5) is 0. The summed E-state index contributed by atoms with van der Waals surface area (Å²) in [5.74, 6) is 0. The maximum absolute atomic E-state index is 13.1. The molecule has 0 radical (unpaired) electrons. The molecule has 2 nitrogen and oxygen atoms in total. The van der Waals surface area contributed by atoms with Gasteiger partial charge in [0.15, 0.2) is 0 Å². The van der Waals surface area contributed by atoms with Crippen molar-refractivity contribution in [3.63, 3.8) is 0 Å². The van der Waals surface area contributed by atoms with Crippen molar-refractivity contribution in [1.29, 1.82) is 0 Å². The average Bonchev–Trinajstić information content (AvgIpc) is 2.34. The standard InChI is InChI=1S/C14H19F2NOS/c1-5-10-7-6-8-11(9-10)12(13(15)16)17-19(18)14(2,3)4/h5-9,12-13,17H,1H2,2-4H3. The minimum atomic E-state index is -2.63. The maximum atomic E-state index is 13.1. The fourth-order valence-corrected chi connectivity index (χ4v) is 2.26. The first-order chi connectivity index (χ1) is 8.75. The molecule has 5 heteroatoms. The van der Waals surface area contributed by atoms with Crippen LogP contribution in [-0.4, -0.2) is 15.7 Å². The highest BCUT2D eigenvalue weighted by atomic mass is 32.2. The highest BCUT2D eigenvalue weighted by Gasteiger charge is 2.33. The highest BCUT2D eigenvalue weighted by Crippen LogP contribution is 2.25. The van der Waals surface area contributed by atoms with E-state index in [1.54, 1.807) is 51.1 Å². The molecular formula is C14H19F2NOS. The van der Waals surface area contributed by atoms with Gasteiger partial charge in [-0.15, -0.1) is 4.72 Å². The predicted molar refractivity (Wildman–Crippen MR) is 76.3 cm³/mol. The van der Waals surface area contributed by atoms with E-state index in [1.807, 2.05) is 0 Å². The van der Waals surface area contributed by atoms with Gasteiger partial charge in [0.05, 0.1) is 0 Å². The van der Waals surface area contributed by atoms with Crippen molar-refractivity contribution < 1.29 is 13.3 Å². The van der Waals surface area contributed by atoms with Gasteiger partial charge < -0.3 is 4.55 Å². The van der Waals surface area contributed by atoms with E-state index in [-0.39, 0.29) is 0 Å². The monoisotopic (exact) mass is 287 g/mol. The first kappa shape index (κ1) is 16.1. The average molecular weight is 287 g/mol. The fourth-order valence-electron chi connectivity index (χ4n) is 1.44. The Morgan fingerprint density at radius 2 is 2.00 bits per heavy atom. The second-order valence-electron chi connectivity index (χ2n) is 5.19. The zero-order valence-electron chi connectivity index (χ0n) is 11.3. The molecule has 0 aliphatic carbocycles. The Hall–Kier alpha value is -0.910. The number of alkyl halides is 2. The Bertz CT molecular complexity index is 432. The van der Waals surface area contributed by atoms with E-state index in [9.17, 15) is 13.3 Å². The minimum absolute atomic E-state index is 0.407. The molecule has 1 N–H and O–H groups in total. The lowest BCUT2D eigenvalue weighted by atomic mass is 10.1. The number of halogens is 2. The third-order valence-corrected chi connectivity index (χ3v) is 4.13. The second-order valence-corrected chi connectivity index (χ2v) is 7.18. The molecule has 0 saturated carbocycles. The van der Waals surface area contributed by atoms with Crippen molar-refractivity contribution in [2.24, 2.45) is 0 Å². The molecule has 0 spiro atoms. The van der Waals surface area contributed by atoms with Crippen LogP contribution in [0.4, 0.5) is 8.78 Å². The first-order valence-electron chi connectivity index (χ1n) is 5.94. The van der Waals surface area contributed by atoms with Crippen molar-refractivity contribution in [2.75, 3.05) is 0 Å². The van der Waals surface area contributed by atoms with Gasteiger partial charge in [-0.3, -0.25) is 0 Å². The molecule has 19 heavy (non-hydrogen) atoms. The topological polar surface area (TPSA) is 35.1 Å². The van der Waals surface area contributed by atoms with E-state index in [0.29, 0.717) is 5.56 Å². The lowest BCUT2D eigenvalue weighted by Gasteiger charge is -2.27. The quantitative estimate of drug-likeness (QED) is 0.838. The molecule has 1 aromatic carbocycles. The van der Waals surface area contributed by atoms with Crippen LogP contribution in [0.2, 0.25) is 0 Å². The molecule has 0 amide bonds. The SMILES string of the molecule is C=Cc1cccc(C(N[S+]([O-])C(C)(C)C)C(F)F)c1. The van der Waals surface area contributed by atoms with Crippen LogP contribution >= 0.6 is 0 Å². The smallest absolute Gasteiger partial charge is 0.262 e. The fraction of sp³-hybridized carbons (Fsp3) is 0.429. The summed E-state index contributed by atoms with van der Waals surface area (Å²) < 4.78 is 40.2. The molecule has 0 aliphatic heterocycles. The lowest BCUT2D eigenvalue weighted by molar-refractivity contribution is 0.109. The van der Waals surface area contributed by atoms with Crippen molar-refractivity contribution in [3.8, 4) is 0 Å². The highest BCUT2D eigenvalue weighted by molar-refractivity contribution is 7.90. The van der Waals surface area contributed by atoms with Gasteiger partial charge in [0.2, 0.25) is 0 Å². The van der Waals surface area contributed by atoms with Crippen molar-refractivity contribution >= 4 is 17.4 Å². The van der Waals surface area contributed by atoms with Gasteiger partial charge in [0.1, 0.15) is 10.8 Å². The van der Waals surface area contributed by atoms with Gasteiger partial charge in [-0.1, -0.05) is 30.9 Å². The molecule has 2 atom stereocenters. The van der Waals surface area contributed by atoms with Crippen LogP contribution in [0.3, 0.4) is 0 Å². The van der Waals surface area contributed by atoms with Crippen LogP contribution in [-0.2, 0) is 11.4 Å². The normalized spacial score (nSPS) is 15.3.